The van der Waals surface area contributed by atoms with Gasteiger partial charge in [0.05, 0.1) is 11.3 Å². The predicted molar refractivity (Wildman–Crippen MR) is 70.9 cm³/mol. The average Bonchev–Trinajstić information content (AvgIpc) is 2.39. The minimum atomic E-state index is -0.931. The van der Waals surface area contributed by atoms with Gasteiger partial charge in [-0.15, -0.1) is 0 Å². The second-order valence-electron chi connectivity index (χ2n) is 4.00. The van der Waals surface area contributed by atoms with Crippen molar-refractivity contribution in [2.45, 2.75) is 6.92 Å². The number of carboxylic acids is 1. The van der Waals surface area contributed by atoms with Crippen molar-refractivity contribution in [3.8, 4) is 11.3 Å². The maximum Gasteiger partial charge on any atom is 0.335 e. The Bertz CT molecular complexity index is 594. The highest BCUT2D eigenvalue weighted by atomic mass is 16.4. The zero-order valence-corrected chi connectivity index (χ0v) is 10.3. The Hall–Kier alpha value is -2.36. The predicted octanol–water partition coefficient (Wildman–Crippen LogP) is 2.80. The number of aromatic carboxylic acids is 1. The number of hydrogen-bond donors (Lipinski definition) is 2. The van der Waals surface area contributed by atoms with Gasteiger partial charge in [-0.1, -0.05) is 18.2 Å². The number of nitrogens with one attached hydrogen (secondary N) is 1. The molecule has 0 fully saturated rings. The summed E-state index contributed by atoms with van der Waals surface area (Å²) in [6.07, 6.45) is 0. The standard InChI is InChI=1S/C14H14N2O2/c1-9-6-7-12(15-2)16-13(9)10-4-3-5-11(8-10)14(17)18/h3-8H,1-2H3,(H,15,16)(H,17,18). The molecule has 2 aromatic rings. The van der Waals surface area contributed by atoms with Crippen LogP contribution in [0.2, 0.25) is 0 Å². The molecule has 0 aliphatic heterocycles. The largest absolute Gasteiger partial charge is 0.478 e. The first-order chi connectivity index (χ1) is 8.61. The Kier molecular flexibility index (Phi) is 3.28. The molecule has 92 valence electrons. The number of pyridine rings is 1. The fourth-order valence-corrected chi connectivity index (χ4v) is 1.76. The molecule has 1 aromatic carbocycles. The number of aryl methyl sites for hydroxylation is 1. The molecule has 0 radical (unpaired) electrons. The van der Waals surface area contributed by atoms with E-state index in [1.807, 2.05) is 25.1 Å². The lowest BCUT2D eigenvalue weighted by Crippen LogP contribution is -1.98. The second kappa shape index (κ2) is 4.87. The van der Waals surface area contributed by atoms with Crippen LogP contribution in [0.3, 0.4) is 0 Å². The molecule has 2 rings (SSSR count). The van der Waals surface area contributed by atoms with Crippen molar-refractivity contribution in [3.05, 3.63) is 47.5 Å². The van der Waals surface area contributed by atoms with E-state index in [-0.39, 0.29) is 5.56 Å². The maximum absolute atomic E-state index is 11.0. The number of anilines is 1. The quantitative estimate of drug-likeness (QED) is 0.868. The molecule has 0 bridgehead atoms. The molecule has 1 heterocycles. The number of hydrogen-bond acceptors (Lipinski definition) is 3. The smallest absolute Gasteiger partial charge is 0.335 e. The van der Waals surface area contributed by atoms with Crippen LogP contribution in [-0.4, -0.2) is 23.1 Å². The van der Waals surface area contributed by atoms with E-state index in [1.54, 1.807) is 25.2 Å². The molecule has 4 heteroatoms. The molecule has 0 amide bonds. The van der Waals surface area contributed by atoms with Gasteiger partial charge in [0.15, 0.2) is 0 Å². The van der Waals surface area contributed by atoms with Crippen molar-refractivity contribution in [2.24, 2.45) is 0 Å². The van der Waals surface area contributed by atoms with Gasteiger partial charge in [0.2, 0.25) is 0 Å². The Morgan fingerprint density at radius 1 is 1.28 bits per heavy atom. The van der Waals surface area contributed by atoms with E-state index in [1.165, 1.54) is 0 Å². The van der Waals surface area contributed by atoms with Crippen molar-refractivity contribution in [1.29, 1.82) is 0 Å². The average molecular weight is 242 g/mol. The van der Waals surface area contributed by atoms with E-state index in [0.717, 1.165) is 22.6 Å². The van der Waals surface area contributed by atoms with Gasteiger partial charge in [-0.2, -0.15) is 0 Å². The molecule has 0 saturated heterocycles. The normalized spacial score (nSPS) is 10.1. The highest BCUT2D eigenvalue weighted by molar-refractivity contribution is 5.89. The van der Waals surface area contributed by atoms with Gasteiger partial charge in [0.1, 0.15) is 5.82 Å². The maximum atomic E-state index is 11.0. The molecule has 0 atom stereocenters. The van der Waals surface area contributed by atoms with Crippen LogP contribution in [0.25, 0.3) is 11.3 Å². The van der Waals surface area contributed by atoms with E-state index < -0.39 is 5.97 Å². The monoisotopic (exact) mass is 242 g/mol. The fraction of sp³-hybridized carbons (Fsp3) is 0.143. The lowest BCUT2D eigenvalue weighted by Gasteiger charge is -2.08. The number of aromatic nitrogens is 1. The molecule has 2 N–H and O–H groups in total. The first kappa shape index (κ1) is 12.1. The van der Waals surface area contributed by atoms with Gasteiger partial charge in [0, 0.05) is 12.6 Å². The molecule has 4 nitrogen and oxygen atoms in total. The Morgan fingerprint density at radius 2 is 2.06 bits per heavy atom. The van der Waals surface area contributed by atoms with Crippen LogP contribution in [0.1, 0.15) is 15.9 Å². The van der Waals surface area contributed by atoms with Gasteiger partial charge in [-0.25, -0.2) is 9.78 Å². The fourth-order valence-electron chi connectivity index (χ4n) is 1.76. The van der Waals surface area contributed by atoms with Crippen molar-refractivity contribution in [2.75, 3.05) is 12.4 Å². The molecular weight excluding hydrogens is 228 g/mol. The van der Waals surface area contributed by atoms with Crippen LogP contribution in [0, 0.1) is 6.92 Å². The third kappa shape index (κ3) is 2.32. The molecule has 1 aromatic heterocycles. The number of nitrogens with zero attached hydrogens (tertiary/aromatic N) is 1. The van der Waals surface area contributed by atoms with E-state index in [4.69, 9.17) is 5.11 Å². The van der Waals surface area contributed by atoms with E-state index in [9.17, 15) is 4.79 Å². The second-order valence-corrected chi connectivity index (χ2v) is 4.00. The Labute approximate surface area is 105 Å². The zero-order chi connectivity index (χ0) is 13.1. The van der Waals surface area contributed by atoms with Crippen LogP contribution in [-0.2, 0) is 0 Å². The third-order valence-electron chi connectivity index (χ3n) is 2.74. The summed E-state index contributed by atoms with van der Waals surface area (Å²) in [5.74, 6) is -0.171. The Morgan fingerprint density at radius 3 is 2.72 bits per heavy atom. The first-order valence-corrected chi connectivity index (χ1v) is 5.61. The topological polar surface area (TPSA) is 62.2 Å². The van der Waals surface area contributed by atoms with Crippen molar-refractivity contribution < 1.29 is 9.90 Å². The van der Waals surface area contributed by atoms with Gasteiger partial charge in [0.25, 0.3) is 0 Å². The van der Waals surface area contributed by atoms with Crippen LogP contribution in [0.5, 0.6) is 0 Å². The lowest BCUT2D eigenvalue weighted by atomic mass is 10.0. The molecule has 0 unspecified atom stereocenters. The number of benzene rings is 1. The summed E-state index contributed by atoms with van der Waals surface area (Å²) in [7, 11) is 1.80. The SMILES string of the molecule is CNc1ccc(C)c(-c2cccc(C(=O)O)c2)n1. The number of carboxylic acid groups (broad SMARTS) is 1. The molecule has 0 aliphatic carbocycles. The molecule has 0 aliphatic rings. The summed E-state index contributed by atoms with van der Waals surface area (Å²) in [6, 6.07) is 10.6. The van der Waals surface area contributed by atoms with Gasteiger partial charge in [-0.05, 0) is 30.7 Å². The highest BCUT2D eigenvalue weighted by Gasteiger charge is 2.08. The summed E-state index contributed by atoms with van der Waals surface area (Å²) >= 11 is 0. The van der Waals surface area contributed by atoms with Crippen molar-refractivity contribution in [3.63, 3.8) is 0 Å². The van der Waals surface area contributed by atoms with E-state index >= 15 is 0 Å². The minimum absolute atomic E-state index is 0.267. The summed E-state index contributed by atoms with van der Waals surface area (Å²) in [5.41, 5.74) is 2.88. The summed E-state index contributed by atoms with van der Waals surface area (Å²) in [4.78, 5) is 15.4. The van der Waals surface area contributed by atoms with Gasteiger partial charge in [-0.3, -0.25) is 0 Å². The van der Waals surface area contributed by atoms with Crippen LogP contribution in [0.4, 0.5) is 5.82 Å². The minimum Gasteiger partial charge on any atom is -0.478 e. The summed E-state index contributed by atoms with van der Waals surface area (Å²) in [6.45, 7) is 1.95. The molecular formula is C14H14N2O2. The van der Waals surface area contributed by atoms with Crippen LogP contribution in [0.15, 0.2) is 36.4 Å². The Balaban J connectivity index is 2.54. The summed E-state index contributed by atoms with van der Waals surface area (Å²) < 4.78 is 0. The van der Waals surface area contributed by atoms with E-state index in [2.05, 4.69) is 10.3 Å². The first-order valence-electron chi connectivity index (χ1n) is 5.61. The van der Waals surface area contributed by atoms with Crippen LogP contribution < -0.4 is 5.32 Å². The molecule has 0 spiro atoms. The van der Waals surface area contributed by atoms with Crippen LogP contribution >= 0.6 is 0 Å². The number of rotatable bonds is 3. The number of carbonyl (C=O) groups is 1. The van der Waals surface area contributed by atoms with Crippen molar-refractivity contribution in [1.82, 2.24) is 4.98 Å². The highest BCUT2D eigenvalue weighted by Crippen LogP contribution is 2.23. The lowest BCUT2D eigenvalue weighted by molar-refractivity contribution is 0.0697. The molecule has 0 saturated carbocycles. The van der Waals surface area contributed by atoms with E-state index in [0.29, 0.717) is 0 Å². The third-order valence-corrected chi connectivity index (χ3v) is 2.74. The van der Waals surface area contributed by atoms with Crippen molar-refractivity contribution >= 4 is 11.8 Å². The zero-order valence-electron chi connectivity index (χ0n) is 10.3. The van der Waals surface area contributed by atoms with Gasteiger partial charge >= 0.3 is 5.97 Å². The summed E-state index contributed by atoms with van der Waals surface area (Å²) in [5, 5.41) is 12.0. The van der Waals surface area contributed by atoms with Gasteiger partial charge < -0.3 is 10.4 Å². The molecule has 18 heavy (non-hydrogen) atoms.